The van der Waals surface area contributed by atoms with Gasteiger partial charge in [-0.05, 0) is 12.5 Å². The molecule has 0 fully saturated rings. The van der Waals surface area contributed by atoms with Crippen molar-refractivity contribution in [1.29, 1.82) is 0 Å². The number of nitrogens with one attached hydrogen (secondary N) is 1. The van der Waals surface area contributed by atoms with Gasteiger partial charge in [-0.15, -0.1) is 0 Å². The molecule has 1 aromatic heterocycles. The molecular weight excluding hydrogens is 224 g/mol. The van der Waals surface area contributed by atoms with Gasteiger partial charge in [-0.25, -0.2) is 0 Å². The summed E-state index contributed by atoms with van der Waals surface area (Å²) in [5.41, 5.74) is 0.545. The van der Waals surface area contributed by atoms with Crippen LogP contribution in [0.2, 0.25) is 0 Å². The molecule has 0 saturated heterocycles. The number of alkyl halides is 1. The van der Waals surface area contributed by atoms with Gasteiger partial charge in [0.05, 0.1) is 11.8 Å². The number of aromatic amines is 1. The van der Waals surface area contributed by atoms with Gasteiger partial charge in [-0.2, -0.15) is 5.10 Å². The lowest BCUT2D eigenvalue weighted by Gasteiger charge is -2.14. The van der Waals surface area contributed by atoms with E-state index in [0.717, 1.165) is 0 Å². The molecule has 5 heteroatoms. The maximum Gasteiger partial charge on any atom is 0.121 e. The minimum absolute atomic E-state index is 0.514. The molecule has 1 aromatic rings. The Labute approximate surface area is 78.7 Å². The lowest BCUT2D eigenvalue weighted by molar-refractivity contribution is 0.0148. The van der Waals surface area contributed by atoms with Gasteiger partial charge in [0, 0.05) is 11.5 Å². The average molecular weight is 235 g/mol. The molecule has 4 nitrogen and oxygen atoms in total. The van der Waals surface area contributed by atoms with Crippen LogP contribution in [0.25, 0.3) is 0 Å². The zero-order valence-corrected chi connectivity index (χ0v) is 8.03. The highest BCUT2D eigenvalue weighted by Gasteiger charge is 2.18. The van der Waals surface area contributed by atoms with Gasteiger partial charge in [0.15, 0.2) is 0 Å². The van der Waals surface area contributed by atoms with Crippen molar-refractivity contribution in [3.8, 4) is 0 Å². The fraction of sp³-hybridized carbons (Fsp3) is 0.571. The Morgan fingerprint density at radius 1 is 1.58 bits per heavy atom. The molecule has 1 rings (SSSR count). The number of hydrogen-bond donors (Lipinski definition) is 3. The highest BCUT2D eigenvalue weighted by molar-refractivity contribution is 9.09. The van der Waals surface area contributed by atoms with Gasteiger partial charge in [-0.1, -0.05) is 15.9 Å². The van der Waals surface area contributed by atoms with Crippen molar-refractivity contribution >= 4 is 15.9 Å². The molecule has 0 spiro atoms. The molecule has 2 unspecified atom stereocenters. The van der Waals surface area contributed by atoms with Gasteiger partial charge in [0.25, 0.3) is 0 Å². The van der Waals surface area contributed by atoms with E-state index in [-0.39, 0.29) is 0 Å². The Hall–Kier alpha value is -0.390. The standard InChI is InChI=1S/C7H11BrN2O2/c8-3-1-6(11)7(12)5-2-4-9-10-5/h2,4,6-7,11-12H,1,3H2,(H,9,10). The molecule has 1 heterocycles. The maximum atomic E-state index is 9.47. The second-order valence-electron chi connectivity index (χ2n) is 2.50. The molecule has 2 atom stereocenters. The van der Waals surface area contributed by atoms with E-state index < -0.39 is 12.2 Å². The second-order valence-corrected chi connectivity index (χ2v) is 3.29. The third-order valence-corrected chi connectivity index (χ3v) is 2.07. The number of H-pyrrole nitrogens is 1. The van der Waals surface area contributed by atoms with E-state index in [1.54, 1.807) is 12.3 Å². The summed E-state index contributed by atoms with van der Waals surface area (Å²) in [6, 6.07) is 1.64. The summed E-state index contributed by atoms with van der Waals surface area (Å²) in [5, 5.41) is 25.8. The van der Waals surface area contributed by atoms with E-state index in [0.29, 0.717) is 17.4 Å². The number of nitrogens with zero attached hydrogens (tertiary/aromatic N) is 1. The number of aromatic nitrogens is 2. The summed E-state index contributed by atoms with van der Waals surface area (Å²) < 4.78 is 0. The zero-order chi connectivity index (χ0) is 8.97. The van der Waals surface area contributed by atoms with Crippen molar-refractivity contribution in [2.75, 3.05) is 5.33 Å². The summed E-state index contributed by atoms with van der Waals surface area (Å²) in [6.45, 7) is 0. The lowest BCUT2D eigenvalue weighted by atomic mass is 10.1. The Morgan fingerprint density at radius 2 is 2.33 bits per heavy atom. The number of aliphatic hydroxyl groups is 2. The van der Waals surface area contributed by atoms with Crippen LogP contribution in [0.15, 0.2) is 12.3 Å². The monoisotopic (exact) mass is 234 g/mol. The molecule has 0 amide bonds. The zero-order valence-electron chi connectivity index (χ0n) is 6.44. The summed E-state index contributed by atoms with van der Waals surface area (Å²) in [7, 11) is 0. The van der Waals surface area contributed by atoms with Gasteiger partial charge in [0.1, 0.15) is 6.10 Å². The predicted octanol–water partition coefficient (Wildman–Crippen LogP) is 0.589. The molecule has 0 saturated carbocycles. The van der Waals surface area contributed by atoms with E-state index in [9.17, 15) is 10.2 Å². The first-order valence-electron chi connectivity index (χ1n) is 3.67. The molecule has 0 aromatic carbocycles. The maximum absolute atomic E-state index is 9.47. The predicted molar refractivity (Wildman–Crippen MR) is 48.0 cm³/mol. The van der Waals surface area contributed by atoms with Crippen molar-refractivity contribution in [1.82, 2.24) is 10.2 Å². The van der Waals surface area contributed by atoms with Gasteiger partial charge < -0.3 is 10.2 Å². The normalized spacial score (nSPS) is 15.9. The third-order valence-electron chi connectivity index (χ3n) is 1.61. The number of aliphatic hydroxyl groups excluding tert-OH is 2. The molecule has 0 bridgehead atoms. The van der Waals surface area contributed by atoms with E-state index in [2.05, 4.69) is 26.1 Å². The van der Waals surface area contributed by atoms with Crippen LogP contribution < -0.4 is 0 Å². The summed E-state index contributed by atoms with van der Waals surface area (Å²) in [6.07, 6.45) is 0.439. The van der Waals surface area contributed by atoms with Gasteiger partial charge >= 0.3 is 0 Å². The van der Waals surface area contributed by atoms with Crippen LogP contribution in [0.1, 0.15) is 18.2 Å². The van der Waals surface area contributed by atoms with E-state index in [1.165, 1.54) is 0 Å². The number of rotatable bonds is 4. The molecule has 68 valence electrons. The Bertz CT molecular complexity index is 215. The van der Waals surface area contributed by atoms with Gasteiger partial charge in [-0.3, -0.25) is 5.10 Å². The third kappa shape index (κ3) is 2.30. The summed E-state index contributed by atoms with van der Waals surface area (Å²) >= 11 is 3.18. The van der Waals surface area contributed by atoms with E-state index >= 15 is 0 Å². The topological polar surface area (TPSA) is 69.1 Å². The van der Waals surface area contributed by atoms with Crippen molar-refractivity contribution in [3.63, 3.8) is 0 Å². The summed E-state index contributed by atoms with van der Waals surface area (Å²) in [5.74, 6) is 0. The molecule has 3 N–H and O–H groups in total. The Kier molecular flexibility index (Phi) is 3.71. The molecule has 12 heavy (non-hydrogen) atoms. The van der Waals surface area contributed by atoms with E-state index in [1.807, 2.05) is 0 Å². The summed E-state index contributed by atoms with van der Waals surface area (Å²) in [4.78, 5) is 0. The number of halogens is 1. The SMILES string of the molecule is OC(CCBr)C(O)c1ccn[nH]1. The van der Waals surface area contributed by atoms with Crippen LogP contribution in [0, 0.1) is 0 Å². The minimum atomic E-state index is -0.870. The van der Waals surface area contributed by atoms with Crippen molar-refractivity contribution in [2.45, 2.75) is 18.6 Å². The second kappa shape index (κ2) is 4.59. The van der Waals surface area contributed by atoms with Crippen molar-refractivity contribution < 1.29 is 10.2 Å². The van der Waals surface area contributed by atoms with Crippen molar-refractivity contribution in [3.05, 3.63) is 18.0 Å². The van der Waals surface area contributed by atoms with Crippen LogP contribution in [0.3, 0.4) is 0 Å². The van der Waals surface area contributed by atoms with Crippen molar-refractivity contribution in [2.24, 2.45) is 0 Å². The first-order valence-corrected chi connectivity index (χ1v) is 4.79. The number of hydrogen-bond acceptors (Lipinski definition) is 3. The van der Waals surface area contributed by atoms with Crippen LogP contribution >= 0.6 is 15.9 Å². The fourth-order valence-corrected chi connectivity index (χ4v) is 1.38. The molecule has 0 aliphatic heterocycles. The quantitative estimate of drug-likeness (QED) is 0.669. The average Bonchev–Trinajstić information content (AvgIpc) is 2.55. The van der Waals surface area contributed by atoms with Crippen LogP contribution in [-0.4, -0.2) is 31.8 Å². The highest BCUT2D eigenvalue weighted by atomic mass is 79.9. The van der Waals surface area contributed by atoms with Gasteiger partial charge in [0.2, 0.25) is 0 Å². The minimum Gasteiger partial charge on any atom is -0.390 e. The molecule has 0 aliphatic rings. The molecule has 0 aliphatic carbocycles. The van der Waals surface area contributed by atoms with Crippen LogP contribution in [0.4, 0.5) is 0 Å². The molecular formula is C7H11BrN2O2. The fourth-order valence-electron chi connectivity index (χ4n) is 0.908. The first-order chi connectivity index (χ1) is 5.75. The Balaban J connectivity index is 2.53. The van der Waals surface area contributed by atoms with Crippen LogP contribution in [0.5, 0.6) is 0 Å². The highest BCUT2D eigenvalue weighted by Crippen LogP contribution is 2.16. The molecule has 0 radical (unpaired) electrons. The Morgan fingerprint density at radius 3 is 2.83 bits per heavy atom. The smallest absolute Gasteiger partial charge is 0.121 e. The largest absolute Gasteiger partial charge is 0.390 e. The van der Waals surface area contributed by atoms with Crippen LogP contribution in [-0.2, 0) is 0 Å². The lowest BCUT2D eigenvalue weighted by Crippen LogP contribution is -2.18. The van der Waals surface area contributed by atoms with E-state index in [4.69, 9.17) is 0 Å². The first kappa shape index (κ1) is 9.70.